The zero-order valence-corrected chi connectivity index (χ0v) is 16.1. The summed E-state index contributed by atoms with van der Waals surface area (Å²) < 4.78 is 0. The summed E-state index contributed by atoms with van der Waals surface area (Å²) in [6.45, 7) is 8.82. The van der Waals surface area contributed by atoms with Crippen LogP contribution in [0, 0.1) is 0 Å². The molecule has 0 aliphatic carbocycles. The topological polar surface area (TPSA) is 31.7 Å². The van der Waals surface area contributed by atoms with Crippen LogP contribution in [0.15, 0.2) is 59.4 Å². The van der Waals surface area contributed by atoms with E-state index in [1.54, 1.807) is 0 Å². The molecule has 0 atom stereocenters. The van der Waals surface area contributed by atoms with E-state index < -0.39 is 0 Å². The molecule has 1 fully saturated rings. The van der Waals surface area contributed by atoms with Crippen LogP contribution in [0.25, 0.3) is 6.08 Å². The van der Waals surface area contributed by atoms with E-state index in [1.807, 2.05) is 18.5 Å². The van der Waals surface area contributed by atoms with Crippen LogP contribution < -0.4 is 4.90 Å². The molecule has 0 amide bonds. The molecule has 4 rings (SSSR count). The minimum Gasteiger partial charge on any atom is -0.369 e. The van der Waals surface area contributed by atoms with Gasteiger partial charge in [0.25, 0.3) is 0 Å². The maximum Gasteiger partial charge on any atom is 0.0694 e. The summed E-state index contributed by atoms with van der Waals surface area (Å²) in [6.07, 6.45) is 8.25. The molecule has 0 spiro atoms. The number of anilines is 1. The van der Waals surface area contributed by atoms with Crippen molar-refractivity contribution in [3.63, 3.8) is 0 Å². The molecule has 0 bridgehead atoms. The third-order valence-electron chi connectivity index (χ3n) is 5.51. The van der Waals surface area contributed by atoms with Crippen molar-refractivity contribution in [2.24, 2.45) is 4.99 Å². The highest BCUT2D eigenvalue weighted by atomic mass is 15.3. The minimum atomic E-state index is 0.906. The molecule has 2 aliphatic rings. The minimum absolute atomic E-state index is 0.906. The molecule has 140 valence electrons. The van der Waals surface area contributed by atoms with E-state index in [9.17, 15) is 0 Å². The Morgan fingerprint density at radius 2 is 1.96 bits per heavy atom. The number of piperazine rings is 1. The first-order chi connectivity index (χ1) is 13.3. The van der Waals surface area contributed by atoms with Gasteiger partial charge in [-0.15, -0.1) is 0 Å². The number of nitrogens with zero attached hydrogens (tertiary/aromatic N) is 4. The Bertz CT molecular complexity index is 817. The van der Waals surface area contributed by atoms with Crippen LogP contribution in [0.1, 0.15) is 30.9 Å². The first-order valence-corrected chi connectivity index (χ1v) is 10.1. The molecule has 1 aromatic carbocycles. The highest BCUT2D eigenvalue weighted by Crippen LogP contribution is 2.24. The Morgan fingerprint density at radius 3 is 2.74 bits per heavy atom. The molecule has 4 nitrogen and oxygen atoms in total. The fourth-order valence-corrected chi connectivity index (χ4v) is 3.94. The van der Waals surface area contributed by atoms with E-state index in [-0.39, 0.29) is 0 Å². The van der Waals surface area contributed by atoms with Gasteiger partial charge in [-0.25, -0.2) is 0 Å². The van der Waals surface area contributed by atoms with E-state index in [0.29, 0.717) is 0 Å². The first kappa shape index (κ1) is 17.9. The third-order valence-corrected chi connectivity index (χ3v) is 5.51. The Kier molecular flexibility index (Phi) is 5.64. The van der Waals surface area contributed by atoms with E-state index in [1.165, 1.54) is 16.8 Å². The van der Waals surface area contributed by atoms with E-state index in [2.05, 4.69) is 58.1 Å². The highest BCUT2D eigenvalue weighted by Gasteiger charge is 2.17. The Hall–Kier alpha value is -2.46. The van der Waals surface area contributed by atoms with Crippen LogP contribution in [0.5, 0.6) is 0 Å². The van der Waals surface area contributed by atoms with Crippen LogP contribution in [0.3, 0.4) is 0 Å². The molecule has 1 saturated heterocycles. The average molecular weight is 361 g/mol. The monoisotopic (exact) mass is 360 g/mol. The molecule has 3 heterocycles. The van der Waals surface area contributed by atoms with Gasteiger partial charge in [-0.05, 0) is 60.9 Å². The number of rotatable bonds is 4. The quantitative estimate of drug-likeness (QED) is 0.829. The number of hydrogen-bond acceptors (Lipinski definition) is 4. The molecule has 2 aliphatic heterocycles. The molecule has 0 radical (unpaired) electrons. The molecular formula is C23H28N4. The second-order valence-corrected chi connectivity index (χ2v) is 7.26. The largest absolute Gasteiger partial charge is 0.369 e. The predicted octanol–water partition coefficient (Wildman–Crippen LogP) is 3.89. The smallest absolute Gasteiger partial charge is 0.0694 e. The van der Waals surface area contributed by atoms with Crippen molar-refractivity contribution in [1.29, 1.82) is 0 Å². The number of aromatic nitrogens is 1. The summed E-state index contributed by atoms with van der Waals surface area (Å²) in [7, 11) is 0. The third kappa shape index (κ3) is 4.28. The van der Waals surface area contributed by atoms with Crippen LogP contribution in [0.4, 0.5) is 5.69 Å². The molecule has 2 aromatic rings. The van der Waals surface area contributed by atoms with Crippen molar-refractivity contribution >= 4 is 17.5 Å². The van der Waals surface area contributed by atoms with Crippen LogP contribution >= 0.6 is 0 Å². The summed E-state index contributed by atoms with van der Waals surface area (Å²) in [4.78, 5) is 14.1. The molecular weight excluding hydrogens is 332 g/mol. The van der Waals surface area contributed by atoms with Crippen LogP contribution in [-0.2, 0) is 0 Å². The van der Waals surface area contributed by atoms with Crippen molar-refractivity contribution in [3.05, 3.63) is 65.5 Å². The lowest BCUT2D eigenvalue weighted by molar-refractivity contribution is 0.271. The van der Waals surface area contributed by atoms with Crippen molar-refractivity contribution in [3.8, 4) is 0 Å². The molecule has 0 N–H and O–H groups in total. The van der Waals surface area contributed by atoms with Gasteiger partial charge in [-0.1, -0.05) is 19.1 Å². The number of allylic oxidation sites excluding steroid dienone is 1. The number of likely N-dealkylation sites (N-methyl/N-ethyl adjacent to an activating group) is 1. The second-order valence-electron chi connectivity index (χ2n) is 7.26. The van der Waals surface area contributed by atoms with Crippen molar-refractivity contribution in [2.45, 2.75) is 19.8 Å². The Morgan fingerprint density at radius 1 is 1.07 bits per heavy atom. The van der Waals surface area contributed by atoms with Crippen LogP contribution in [0.2, 0.25) is 0 Å². The van der Waals surface area contributed by atoms with Gasteiger partial charge in [0, 0.05) is 56.4 Å². The number of benzene rings is 1. The van der Waals surface area contributed by atoms with E-state index in [0.717, 1.165) is 63.4 Å². The lowest BCUT2D eigenvalue weighted by atomic mass is 9.95. The summed E-state index contributed by atoms with van der Waals surface area (Å²) in [5.41, 5.74) is 6.14. The predicted molar refractivity (Wildman–Crippen MR) is 114 cm³/mol. The SMILES string of the molecule is CCN1CCN(c2cccc(/C=C3\CCCN=C3c3cccnc3)c2)CC1. The molecule has 1 aromatic heterocycles. The number of aliphatic imine (C=N–C) groups is 1. The Labute approximate surface area is 162 Å². The average Bonchev–Trinajstić information content (AvgIpc) is 2.75. The van der Waals surface area contributed by atoms with Crippen molar-refractivity contribution in [2.75, 3.05) is 44.2 Å². The number of pyridine rings is 1. The summed E-state index contributed by atoms with van der Waals surface area (Å²) in [6, 6.07) is 13.0. The maximum atomic E-state index is 4.80. The molecule has 0 saturated carbocycles. The first-order valence-electron chi connectivity index (χ1n) is 10.1. The van der Waals surface area contributed by atoms with Gasteiger partial charge in [0.15, 0.2) is 0 Å². The molecule has 0 unspecified atom stereocenters. The number of hydrogen-bond donors (Lipinski definition) is 0. The lowest BCUT2D eigenvalue weighted by Gasteiger charge is -2.35. The fourth-order valence-electron chi connectivity index (χ4n) is 3.94. The van der Waals surface area contributed by atoms with Crippen molar-refractivity contribution in [1.82, 2.24) is 9.88 Å². The lowest BCUT2D eigenvalue weighted by Crippen LogP contribution is -2.46. The molecule has 27 heavy (non-hydrogen) atoms. The standard InChI is InChI=1S/C23H28N4/c1-2-26-12-14-27(15-13-26)22-9-3-6-19(17-22)16-20-7-5-11-25-23(20)21-8-4-10-24-18-21/h3-4,6,8-10,16-18H,2,5,7,11-15H2,1H3/b20-16+. The summed E-state index contributed by atoms with van der Waals surface area (Å²) in [5.74, 6) is 0. The van der Waals surface area contributed by atoms with Gasteiger partial charge in [0.05, 0.1) is 5.71 Å². The maximum absolute atomic E-state index is 4.80. The summed E-state index contributed by atoms with van der Waals surface area (Å²) >= 11 is 0. The summed E-state index contributed by atoms with van der Waals surface area (Å²) in [5, 5.41) is 0. The van der Waals surface area contributed by atoms with Gasteiger partial charge in [0.2, 0.25) is 0 Å². The van der Waals surface area contributed by atoms with Gasteiger partial charge in [-0.2, -0.15) is 0 Å². The molecule has 4 heteroatoms. The van der Waals surface area contributed by atoms with E-state index >= 15 is 0 Å². The van der Waals surface area contributed by atoms with Crippen LogP contribution in [-0.4, -0.2) is 54.9 Å². The normalized spacial score (nSPS) is 20.0. The highest BCUT2D eigenvalue weighted by molar-refractivity contribution is 6.15. The second kappa shape index (κ2) is 8.49. The van der Waals surface area contributed by atoms with Gasteiger partial charge >= 0.3 is 0 Å². The van der Waals surface area contributed by atoms with Crippen molar-refractivity contribution < 1.29 is 0 Å². The van der Waals surface area contributed by atoms with Gasteiger partial charge in [-0.3, -0.25) is 9.98 Å². The van der Waals surface area contributed by atoms with Gasteiger partial charge in [0.1, 0.15) is 0 Å². The Balaban J connectivity index is 1.56. The fraction of sp³-hybridized carbons (Fsp3) is 0.391. The van der Waals surface area contributed by atoms with E-state index in [4.69, 9.17) is 4.99 Å². The zero-order valence-electron chi connectivity index (χ0n) is 16.1. The van der Waals surface area contributed by atoms with Gasteiger partial charge < -0.3 is 9.80 Å². The zero-order chi connectivity index (χ0) is 18.5.